The minimum Gasteiger partial charge on any atom is -0.464 e. The second-order valence-electron chi connectivity index (χ2n) is 6.95. The standard InChI is InChI=1S/C19H19BrF2N4O2S/c1-3-28-18(27)16(15-13-5-4-6-25(13)19(29)23-15)26-8-11-10(17(21)22)7-12(20)9(2)14(11)24-26/h7-8,16-17H,3-6H2,1-2H3,(H,23,29). The molecule has 1 unspecified atom stereocenters. The number of aryl methyl sites for hydroxylation is 1. The van der Waals surface area contributed by atoms with Gasteiger partial charge in [0.1, 0.15) is 0 Å². The molecule has 1 aliphatic heterocycles. The number of nitrogens with zero attached hydrogens (tertiary/aromatic N) is 3. The highest BCUT2D eigenvalue weighted by atomic mass is 79.9. The van der Waals surface area contributed by atoms with Gasteiger partial charge in [0.15, 0.2) is 10.8 Å². The van der Waals surface area contributed by atoms with E-state index in [0.29, 0.717) is 25.8 Å². The molecule has 1 N–H and O–H groups in total. The number of benzene rings is 1. The van der Waals surface area contributed by atoms with Crippen LogP contribution in [0.1, 0.15) is 48.3 Å². The Morgan fingerprint density at radius 3 is 2.93 bits per heavy atom. The average molecular weight is 485 g/mol. The molecular formula is C19H19BrF2N4O2S. The average Bonchev–Trinajstić information content (AvgIpc) is 3.37. The number of esters is 1. The van der Waals surface area contributed by atoms with Gasteiger partial charge < -0.3 is 14.3 Å². The largest absolute Gasteiger partial charge is 0.464 e. The van der Waals surface area contributed by atoms with Crippen molar-refractivity contribution < 1.29 is 18.3 Å². The van der Waals surface area contributed by atoms with Crippen molar-refractivity contribution in [2.45, 2.75) is 45.7 Å². The summed E-state index contributed by atoms with van der Waals surface area (Å²) in [7, 11) is 0. The summed E-state index contributed by atoms with van der Waals surface area (Å²) in [4.78, 5) is 16.0. The van der Waals surface area contributed by atoms with Crippen LogP contribution in [0, 0.1) is 11.7 Å². The second kappa shape index (κ2) is 7.64. The maximum atomic E-state index is 13.6. The summed E-state index contributed by atoms with van der Waals surface area (Å²) in [6, 6.07) is 0.471. The lowest BCUT2D eigenvalue weighted by Crippen LogP contribution is -2.25. The van der Waals surface area contributed by atoms with Crippen molar-refractivity contribution >= 4 is 45.0 Å². The van der Waals surface area contributed by atoms with E-state index in [1.807, 2.05) is 4.57 Å². The summed E-state index contributed by atoms with van der Waals surface area (Å²) in [5.41, 5.74) is 2.54. The maximum absolute atomic E-state index is 13.6. The molecule has 3 aromatic rings. The smallest absolute Gasteiger partial charge is 0.337 e. The first-order valence-electron chi connectivity index (χ1n) is 9.27. The molecule has 0 aliphatic carbocycles. The van der Waals surface area contributed by atoms with Gasteiger partial charge in [-0.3, -0.25) is 4.68 Å². The number of carbonyl (C=O) groups is 1. The number of ether oxygens (including phenoxy) is 1. The zero-order chi connectivity index (χ0) is 20.9. The Morgan fingerprint density at radius 1 is 1.48 bits per heavy atom. The first kappa shape index (κ1) is 20.2. The van der Waals surface area contributed by atoms with Crippen molar-refractivity contribution in [3.05, 3.63) is 44.0 Å². The number of H-pyrrole nitrogens is 1. The van der Waals surface area contributed by atoms with Crippen LogP contribution in [0.15, 0.2) is 16.7 Å². The van der Waals surface area contributed by atoms with Gasteiger partial charge in [-0.05, 0) is 50.5 Å². The van der Waals surface area contributed by atoms with Crippen LogP contribution in [-0.4, -0.2) is 31.9 Å². The van der Waals surface area contributed by atoms with Gasteiger partial charge in [-0.1, -0.05) is 15.9 Å². The first-order chi connectivity index (χ1) is 13.8. The number of nitrogens with one attached hydrogen (secondary N) is 1. The number of alkyl halides is 2. The molecule has 10 heteroatoms. The Bertz CT molecular complexity index is 1170. The fourth-order valence-corrected chi connectivity index (χ4v) is 4.61. The van der Waals surface area contributed by atoms with Gasteiger partial charge in [0.2, 0.25) is 0 Å². The summed E-state index contributed by atoms with van der Waals surface area (Å²) in [6.07, 6.45) is 0.524. The molecule has 0 saturated heterocycles. The fraction of sp³-hybridized carbons (Fsp3) is 0.421. The molecule has 4 rings (SSSR count). The Balaban J connectivity index is 1.95. The third kappa shape index (κ3) is 3.31. The van der Waals surface area contributed by atoms with E-state index in [1.54, 1.807) is 13.8 Å². The van der Waals surface area contributed by atoms with Crippen LogP contribution in [0.3, 0.4) is 0 Å². The van der Waals surface area contributed by atoms with E-state index in [1.165, 1.54) is 16.9 Å². The van der Waals surface area contributed by atoms with Crippen molar-refractivity contribution in [3.63, 3.8) is 0 Å². The number of fused-ring (bicyclic) bond motifs is 2. The van der Waals surface area contributed by atoms with Crippen molar-refractivity contribution in [2.75, 3.05) is 6.61 Å². The Labute approximate surface area is 179 Å². The van der Waals surface area contributed by atoms with E-state index in [4.69, 9.17) is 17.0 Å². The Kier molecular flexibility index (Phi) is 5.32. The molecule has 1 atom stereocenters. The van der Waals surface area contributed by atoms with Crippen molar-refractivity contribution in [2.24, 2.45) is 0 Å². The molecule has 154 valence electrons. The zero-order valence-electron chi connectivity index (χ0n) is 15.8. The first-order valence-corrected chi connectivity index (χ1v) is 10.5. The SMILES string of the molecule is CCOC(=O)C(c1[nH]c(=S)n2c1CCC2)n1cc2c(C(F)F)cc(Br)c(C)c2n1. The van der Waals surface area contributed by atoms with E-state index in [2.05, 4.69) is 26.0 Å². The third-order valence-corrected chi connectivity index (χ3v) is 6.39. The van der Waals surface area contributed by atoms with Gasteiger partial charge in [0, 0.05) is 33.9 Å². The molecule has 0 bridgehead atoms. The topological polar surface area (TPSA) is 64.8 Å². The molecule has 1 aliphatic rings. The quantitative estimate of drug-likeness (QED) is 0.408. The van der Waals surface area contributed by atoms with Crippen LogP contribution >= 0.6 is 28.1 Å². The molecule has 0 amide bonds. The molecule has 0 saturated carbocycles. The summed E-state index contributed by atoms with van der Waals surface area (Å²) >= 11 is 8.72. The monoisotopic (exact) mass is 484 g/mol. The van der Waals surface area contributed by atoms with Crippen molar-refractivity contribution in [3.8, 4) is 0 Å². The van der Waals surface area contributed by atoms with Gasteiger partial charge in [0.05, 0.1) is 17.8 Å². The maximum Gasteiger partial charge on any atom is 0.337 e. The van der Waals surface area contributed by atoms with E-state index in [-0.39, 0.29) is 12.2 Å². The molecule has 1 aromatic carbocycles. The minimum atomic E-state index is -2.67. The second-order valence-corrected chi connectivity index (χ2v) is 8.19. The lowest BCUT2D eigenvalue weighted by molar-refractivity contribution is -0.146. The fourth-order valence-electron chi connectivity index (χ4n) is 3.87. The highest BCUT2D eigenvalue weighted by Crippen LogP contribution is 2.36. The number of imidazole rings is 1. The van der Waals surface area contributed by atoms with E-state index >= 15 is 0 Å². The molecule has 2 aromatic heterocycles. The van der Waals surface area contributed by atoms with Gasteiger partial charge in [0.25, 0.3) is 6.43 Å². The van der Waals surface area contributed by atoms with Crippen LogP contribution in [0.4, 0.5) is 8.78 Å². The third-order valence-electron chi connectivity index (χ3n) is 5.24. The normalized spacial score (nSPS) is 14.6. The van der Waals surface area contributed by atoms with Crippen LogP contribution < -0.4 is 0 Å². The van der Waals surface area contributed by atoms with E-state index in [9.17, 15) is 13.6 Å². The van der Waals surface area contributed by atoms with Crippen molar-refractivity contribution in [1.82, 2.24) is 19.3 Å². The lowest BCUT2D eigenvalue weighted by atomic mass is 10.1. The molecule has 6 nitrogen and oxygen atoms in total. The molecular weight excluding hydrogens is 466 g/mol. The number of aromatic amines is 1. The van der Waals surface area contributed by atoms with Crippen LogP contribution in [0.25, 0.3) is 10.9 Å². The highest BCUT2D eigenvalue weighted by Gasteiger charge is 2.33. The molecule has 29 heavy (non-hydrogen) atoms. The van der Waals surface area contributed by atoms with Crippen LogP contribution in [0.2, 0.25) is 0 Å². The van der Waals surface area contributed by atoms with Gasteiger partial charge in [-0.25, -0.2) is 13.6 Å². The molecule has 0 spiro atoms. The predicted molar refractivity (Wildman–Crippen MR) is 110 cm³/mol. The minimum absolute atomic E-state index is 0.138. The molecule has 3 heterocycles. The number of halogens is 3. The summed E-state index contributed by atoms with van der Waals surface area (Å²) in [5, 5.41) is 4.83. The van der Waals surface area contributed by atoms with Crippen LogP contribution in [0.5, 0.6) is 0 Å². The Morgan fingerprint density at radius 2 is 2.24 bits per heavy atom. The van der Waals surface area contributed by atoms with E-state index in [0.717, 1.165) is 30.6 Å². The van der Waals surface area contributed by atoms with Gasteiger partial charge >= 0.3 is 5.97 Å². The number of hydrogen-bond donors (Lipinski definition) is 1. The van der Waals surface area contributed by atoms with Crippen LogP contribution in [-0.2, 0) is 22.5 Å². The number of carbonyl (C=O) groups excluding carboxylic acids is 1. The number of hydrogen-bond acceptors (Lipinski definition) is 4. The summed E-state index contributed by atoms with van der Waals surface area (Å²) in [5.74, 6) is -0.512. The number of aromatic nitrogens is 4. The summed E-state index contributed by atoms with van der Waals surface area (Å²) in [6.45, 7) is 4.49. The van der Waals surface area contributed by atoms with E-state index < -0.39 is 18.4 Å². The van der Waals surface area contributed by atoms with Crippen molar-refractivity contribution in [1.29, 1.82) is 0 Å². The van der Waals surface area contributed by atoms with Gasteiger partial charge in [-0.2, -0.15) is 5.10 Å². The highest BCUT2D eigenvalue weighted by molar-refractivity contribution is 9.10. The van der Waals surface area contributed by atoms with Gasteiger partial charge in [-0.15, -0.1) is 0 Å². The molecule has 0 fully saturated rings. The summed E-state index contributed by atoms with van der Waals surface area (Å²) < 4.78 is 37.0. The predicted octanol–water partition coefficient (Wildman–Crippen LogP) is 5.00. The molecule has 0 radical (unpaired) electrons. The Hall–Kier alpha value is -2.07. The number of rotatable bonds is 5. The lowest BCUT2D eigenvalue weighted by Gasteiger charge is -2.16. The zero-order valence-corrected chi connectivity index (χ0v) is 18.2.